The number of β-lactam (4-membered cyclic amide) rings is 1. The van der Waals surface area contributed by atoms with Crippen LogP contribution in [-0.4, -0.2) is 42.7 Å². The molecule has 1 heterocycles. The minimum absolute atomic E-state index is 0.0201. The lowest BCUT2D eigenvalue weighted by molar-refractivity contribution is -0.118. The van der Waals surface area contributed by atoms with E-state index in [-0.39, 0.29) is 17.0 Å². The SMILES string of the molecule is C=C1C(=O)N(c2cc(OC)c(OC)c(OC)c2)[C@@H]1c1ccc(OC)c(O[Si](C)(C)C(C)(C)C)c1. The Kier molecular flexibility index (Phi) is 6.94. The topological polar surface area (TPSA) is 66.5 Å². The first-order valence-corrected chi connectivity index (χ1v) is 14.0. The number of nitrogens with zero attached hydrogens (tertiary/aromatic N) is 1. The van der Waals surface area contributed by atoms with E-state index in [0.29, 0.717) is 40.0 Å². The minimum atomic E-state index is -2.12. The van der Waals surface area contributed by atoms with Gasteiger partial charge in [0.1, 0.15) is 5.75 Å². The minimum Gasteiger partial charge on any atom is -0.541 e. The first-order valence-electron chi connectivity index (χ1n) is 11.1. The van der Waals surface area contributed by atoms with Gasteiger partial charge in [-0.3, -0.25) is 9.69 Å². The van der Waals surface area contributed by atoms with Gasteiger partial charge in [0, 0.05) is 17.7 Å². The molecule has 0 bridgehead atoms. The first-order chi connectivity index (χ1) is 15.9. The molecule has 1 atom stereocenters. The maximum atomic E-state index is 12.9. The highest BCUT2D eigenvalue weighted by Crippen LogP contribution is 2.49. The molecule has 1 aliphatic rings. The summed E-state index contributed by atoms with van der Waals surface area (Å²) in [4.78, 5) is 14.6. The third-order valence-corrected chi connectivity index (χ3v) is 11.0. The van der Waals surface area contributed by atoms with Crippen molar-refractivity contribution >= 4 is 19.9 Å². The fourth-order valence-corrected chi connectivity index (χ4v) is 4.69. The molecule has 184 valence electrons. The molecule has 0 N–H and O–H groups in total. The van der Waals surface area contributed by atoms with Crippen molar-refractivity contribution in [3.05, 3.63) is 48.0 Å². The highest BCUT2D eigenvalue weighted by atomic mass is 28.4. The van der Waals surface area contributed by atoms with Crippen LogP contribution in [0.4, 0.5) is 5.69 Å². The van der Waals surface area contributed by atoms with Gasteiger partial charge in [-0.25, -0.2) is 0 Å². The van der Waals surface area contributed by atoms with Crippen molar-refractivity contribution < 1.29 is 28.2 Å². The number of benzene rings is 2. The predicted molar refractivity (Wildman–Crippen MR) is 136 cm³/mol. The molecular weight excluding hydrogens is 450 g/mol. The zero-order valence-electron chi connectivity index (χ0n) is 21.6. The van der Waals surface area contributed by atoms with Gasteiger partial charge in [0.2, 0.25) is 5.75 Å². The van der Waals surface area contributed by atoms with Crippen LogP contribution in [0, 0.1) is 0 Å². The molecule has 0 aromatic heterocycles. The van der Waals surface area contributed by atoms with Gasteiger partial charge < -0.3 is 23.4 Å². The van der Waals surface area contributed by atoms with E-state index in [9.17, 15) is 4.79 Å². The average molecular weight is 486 g/mol. The fraction of sp³-hybridized carbons (Fsp3) is 0.423. The van der Waals surface area contributed by atoms with Crippen molar-refractivity contribution in [1.29, 1.82) is 0 Å². The summed E-state index contributed by atoms with van der Waals surface area (Å²) in [6.45, 7) is 15.0. The Hall–Kier alpha value is -3.13. The summed E-state index contributed by atoms with van der Waals surface area (Å²) in [5, 5.41) is 0.0201. The Morgan fingerprint density at radius 1 is 0.853 bits per heavy atom. The van der Waals surface area contributed by atoms with Gasteiger partial charge in [0.05, 0.1) is 40.2 Å². The number of methoxy groups -OCH3 is 4. The average Bonchev–Trinajstić information content (AvgIpc) is 2.79. The summed E-state index contributed by atoms with van der Waals surface area (Å²) >= 11 is 0. The van der Waals surface area contributed by atoms with Crippen molar-refractivity contribution in [2.75, 3.05) is 33.3 Å². The summed E-state index contributed by atoms with van der Waals surface area (Å²) in [5.74, 6) is 2.57. The van der Waals surface area contributed by atoms with Crippen LogP contribution < -0.4 is 28.3 Å². The summed E-state index contributed by atoms with van der Waals surface area (Å²) in [6.07, 6.45) is 0. The molecule has 7 nitrogen and oxygen atoms in total. The van der Waals surface area contributed by atoms with Gasteiger partial charge >= 0.3 is 0 Å². The van der Waals surface area contributed by atoms with E-state index < -0.39 is 8.32 Å². The second-order valence-electron chi connectivity index (χ2n) is 9.76. The predicted octanol–water partition coefficient (Wildman–Crippen LogP) is 5.75. The molecule has 3 rings (SSSR count). The maximum Gasteiger partial charge on any atom is 0.256 e. The van der Waals surface area contributed by atoms with Gasteiger partial charge in [-0.15, -0.1) is 0 Å². The first kappa shape index (κ1) is 25.5. The number of hydrogen-bond acceptors (Lipinski definition) is 6. The zero-order chi connectivity index (χ0) is 25.4. The molecule has 0 radical (unpaired) electrons. The number of amides is 1. The summed E-state index contributed by atoms with van der Waals surface area (Å²) in [7, 11) is 4.14. The van der Waals surface area contributed by atoms with Crippen LogP contribution in [0.15, 0.2) is 42.5 Å². The molecule has 2 aromatic carbocycles. The van der Waals surface area contributed by atoms with Gasteiger partial charge in [-0.05, 0) is 35.8 Å². The van der Waals surface area contributed by atoms with Crippen LogP contribution in [0.2, 0.25) is 18.1 Å². The molecule has 1 fully saturated rings. The zero-order valence-corrected chi connectivity index (χ0v) is 22.6. The van der Waals surface area contributed by atoms with Crippen molar-refractivity contribution in [2.24, 2.45) is 0 Å². The van der Waals surface area contributed by atoms with E-state index in [1.54, 1.807) is 45.5 Å². The van der Waals surface area contributed by atoms with E-state index in [4.69, 9.17) is 23.4 Å². The van der Waals surface area contributed by atoms with E-state index in [2.05, 4.69) is 40.4 Å². The normalized spacial score (nSPS) is 16.1. The summed E-state index contributed by atoms with van der Waals surface area (Å²) in [6, 6.07) is 8.92. The number of carbonyl (C=O) groups is 1. The smallest absolute Gasteiger partial charge is 0.256 e. The Morgan fingerprint density at radius 3 is 1.88 bits per heavy atom. The number of anilines is 1. The second-order valence-corrected chi connectivity index (χ2v) is 14.5. The third kappa shape index (κ3) is 4.34. The third-order valence-electron chi connectivity index (χ3n) is 6.68. The highest BCUT2D eigenvalue weighted by Gasteiger charge is 2.44. The van der Waals surface area contributed by atoms with Crippen LogP contribution >= 0.6 is 0 Å². The van der Waals surface area contributed by atoms with Crippen LogP contribution in [0.3, 0.4) is 0 Å². The molecule has 0 saturated carbocycles. The molecule has 1 aliphatic heterocycles. The Balaban J connectivity index is 2.06. The molecule has 34 heavy (non-hydrogen) atoms. The fourth-order valence-electron chi connectivity index (χ4n) is 3.67. The van der Waals surface area contributed by atoms with Crippen LogP contribution in [0.1, 0.15) is 32.4 Å². The molecule has 0 aliphatic carbocycles. The van der Waals surface area contributed by atoms with E-state index in [0.717, 1.165) is 5.56 Å². The molecule has 1 amide bonds. The van der Waals surface area contributed by atoms with Crippen LogP contribution in [-0.2, 0) is 4.79 Å². The number of carbonyl (C=O) groups excluding carboxylic acids is 1. The molecule has 1 saturated heterocycles. The van der Waals surface area contributed by atoms with Gasteiger partial charge in [-0.2, -0.15) is 0 Å². The summed E-state index contributed by atoms with van der Waals surface area (Å²) < 4.78 is 28.5. The Labute approximate surface area is 203 Å². The largest absolute Gasteiger partial charge is 0.541 e. The van der Waals surface area contributed by atoms with Gasteiger partial charge in [0.15, 0.2) is 17.2 Å². The summed E-state index contributed by atoms with van der Waals surface area (Å²) in [5.41, 5.74) is 2.00. The van der Waals surface area contributed by atoms with Crippen molar-refractivity contribution in [3.63, 3.8) is 0 Å². The lowest BCUT2D eigenvalue weighted by Crippen LogP contribution is -2.49. The van der Waals surface area contributed by atoms with E-state index in [1.165, 1.54) is 0 Å². The second kappa shape index (κ2) is 9.25. The maximum absolute atomic E-state index is 12.9. The van der Waals surface area contributed by atoms with Gasteiger partial charge in [-0.1, -0.05) is 33.4 Å². The Bertz CT molecular complexity index is 1080. The monoisotopic (exact) mass is 485 g/mol. The number of rotatable bonds is 8. The lowest BCUT2D eigenvalue weighted by atomic mass is 9.88. The molecule has 8 heteroatoms. The molecule has 0 unspecified atom stereocenters. The lowest BCUT2D eigenvalue weighted by Gasteiger charge is -2.43. The highest BCUT2D eigenvalue weighted by molar-refractivity contribution is 6.74. The van der Waals surface area contributed by atoms with E-state index >= 15 is 0 Å². The van der Waals surface area contributed by atoms with E-state index in [1.807, 2.05) is 18.2 Å². The van der Waals surface area contributed by atoms with Crippen LogP contribution in [0.5, 0.6) is 28.7 Å². The van der Waals surface area contributed by atoms with Gasteiger partial charge in [0.25, 0.3) is 14.2 Å². The molecular formula is C26H35NO6Si. The van der Waals surface area contributed by atoms with Crippen molar-refractivity contribution in [1.82, 2.24) is 0 Å². The Morgan fingerprint density at radius 2 is 1.41 bits per heavy atom. The number of ether oxygens (including phenoxy) is 4. The van der Waals surface area contributed by atoms with Crippen molar-refractivity contribution in [3.8, 4) is 28.7 Å². The quantitative estimate of drug-likeness (QED) is 0.269. The standard InChI is InChI=1S/C26H35NO6Si/c1-16-23(17-11-12-19(29-5)20(13-17)33-34(9,10)26(2,3)4)27(25(16)28)18-14-21(30-6)24(32-8)22(15-18)31-7/h11-15,23H,1H2,2-10H3/t23-/m0/s1. The molecule has 2 aromatic rings. The van der Waals surface area contributed by atoms with Crippen LogP contribution in [0.25, 0.3) is 0 Å². The number of hydrogen-bond donors (Lipinski definition) is 0. The molecule has 0 spiro atoms. The van der Waals surface area contributed by atoms with Crippen molar-refractivity contribution in [2.45, 2.75) is 44.9 Å².